The highest BCUT2D eigenvalue weighted by atomic mass is 31.3. The highest BCUT2D eigenvalue weighted by Gasteiger charge is 2.46. The van der Waals surface area contributed by atoms with E-state index in [0.717, 1.165) is 68.6 Å². The van der Waals surface area contributed by atoms with Crippen molar-refractivity contribution in [2.24, 2.45) is 5.92 Å². The fourth-order valence-electron chi connectivity index (χ4n) is 6.88. The van der Waals surface area contributed by atoms with Crippen LogP contribution in [0.1, 0.15) is 143 Å². The molecule has 0 amide bonds. The van der Waals surface area contributed by atoms with Crippen LogP contribution < -0.4 is 11.4 Å². The van der Waals surface area contributed by atoms with Gasteiger partial charge in [-0.2, -0.15) is 9.29 Å². The summed E-state index contributed by atoms with van der Waals surface area (Å²) in [6.45, 7) is 4.21. The number of aliphatic hydroxyl groups excluding tert-OH is 2. The third-order valence-corrected chi connectivity index (χ3v) is 13.2. The van der Waals surface area contributed by atoms with E-state index in [4.69, 9.17) is 33.7 Å². The molecule has 0 saturated carbocycles. The molecule has 0 bridgehead atoms. The maximum Gasteiger partial charge on any atom is 0.481 e. The number of aliphatic hydroxyl groups is 2. The van der Waals surface area contributed by atoms with Gasteiger partial charge in [0.25, 0.3) is 0 Å². The first kappa shape index (κ1) is 56.3. The van der Waals surface area contributed by atoms with Crippen molar-refractivity contribution in [1.29, 1.82) is 0 Å². The van der Waals surface area contributed by atoms with Crippen molar-refractivity contribution in [2.45, 2.75) is 179 Å². The number of aromatic nitrogens is 2. The largest absolute Gasteiger partial charge is 0.481 e. The predicted octanol–water partition coefficient (Wildman–Crippen LogP) is 7.28. The number of unbranched alkanes of at least 4 members (excludes halogenated alkanes) is 8. The van der Waals surface area contributed by atoms with Crippen LogP contribution in [0.2, 0.25) is 0 Å². The molecular formula is C44H73N3O16P2. The fourth-order valence-corrected chi connectivity index (χ4v) is 8.99. The third-order valence-electron chi connectivity index (χ3n) is 10.6. The number of nitrogens with zero attached hydrogens (tertiary/aromatic N) is 2. The second-order valence-electron chi connectivity index (χ2n) is 16.8. The lowest BCUT2D eigenvalue weighted by Crippen LogP contribution is -2.36. The van der Waals surface area contributed by atoms with Crippen LogP contribution in [0, 0.1) is 5.92 Å². The summed E-state index contributed by atoms with van der Waals surface area (Å²) in [7, 11) is -10.9. The Bertz CT molecular complexity index is 1810. The molecule has 370 valence electrons. The summed E-state index contributed by atoms with van der Waals surface area (Å²) in [6.07, 6.45) is 21.9. The molecule has 1 aromatic rings. The van der Waals surface area contributed by atoms with Gasteiger partial charge in [0.05, 0.1) is 25.4 Å². The molecule has 6 N–H and O–H groups in total. The number of hydrogen-bond acceptors (Lipinski definition) is 16. The highest BCUT2D eigenvalue weighted by Crippen LogP contribution is 2.60. The van der Waals surface area contributed by atoms with Crippen molar-refractivity contribution in [1.82, 2.24) is 9.55 Å². The Kier molecular flexibility index (Phi) is 26.3. The Balaban J connectivity index is 1.42. The van der Waals surface area contributed by atoms with Gasteiger partial charge in [-0.1, -0.05) is 115 Å². The molecule has 0 aromatic carbocycles. The number of nitrogen functional groups attached to an aromatic ring is 1. The summed E-state index contributed by atoms with van der Waals surface area (Å²) in [5, 5.41) is 20.8. The first-order valence-electron chi connectivity index (χ1n) is 23.0. The molecular weight excluding hydrogens is 888 g/mol. The summed E-state index contributed by atoms with van der Waals surface area (Å²) in [5.41, 5.74) is 4.57. The molecule has 9 atom stereocenters. The molecule has 19 nitrogen and oxygen atoms in total. The van der Waals surface area contributed by atoms with E-state index < -0.39 is 83.7 Å². The smallest absolute Gasteiger partial charge is 0.462 e. The van der Waals surface area contributed by atoms with E-state index in [1.807, 2.05) is 12.2 Å². The molecule has 3 heterocycles. The topological polar surface area (TPSA) is 278 Å². The quantitative estimate of drug-likeness (QED) is 0.0147. The SMILES string of the molecule is CCCCCC1OC1C/C=C\C/C=C\C/C=C\CCCC(=O)OC[C@H](COP(=O)(O)OP(=O)(O)OC[C@H]1O[C@@H](n2ccc(N)nc2=O)[C@H](O)[C@@H]1O)OC(=O)CCCCCCCCC(C)C. The number of carbonyl (C=O) groups is 2. The number of esters is 2. The standard InChI is InChI=1S/C44H73N3O16P2/c1-4-5-18-24-35-36(61-35)25-20-15-10-8-6-7-9-11-16-21-26-39(48)57-30-34(60-40(49)27-22-17-13-12-14-19-23-33(2)3)31-58-64(53,54)63-65(55,56)59-32-37-41(50)42(51)43(62-37)47-29-28-38(45)46-44(47)52/h6,8-9,11,15,20,28-29,33-37,41-43,50-51H,4-5,7,10,12-14,16-19,21-27,30-32H2,1-3H3,(H,53,54)(H,55,56)(H2,45,46,52)/b8-6-,11-9-,20-15-/t34-,35?,36?,37-,41-,42-,43-/m1/s1. The van der Waals surface area contributed by atoms with Gasteiger partial charge in [0.2, 0.25) is 0 Å². The molecule has 65 heavy (non-hydrogen) atoms. The molecule has 0 radical (unpaired) electrons. The Hall–Kier alpha value is -3.06. The van der Waals surface area contributed by atoms with Gasteiger partial charge in [0, 0.05) is 19.0 Å². The maximum atomic E-state index is 12.8. The average molecular weight is 962 g/mol. The summed E-state index contributed by atoms with van der Waals surface area (Å²) >= 11 is 0. The number of anilines is 1. The van der Waals surface area contributed by atoms with Gasteiger partial charge in [0.1, 0.15) is 30.7 Å². The lowest BCUT2D eigenvalue weighted by Gasteiger charge is -2.21. The van der Waals surface area contributed by atoms with Crippen LogP contribution in [-0.2, 0) is 51.0 Å². The van der Waals surface area contributed by atoms with Crippen LogP contribution in [-0.4, -0.2) is 97.9 Å². The number of allylic oxidation sites excluding steroid dienone is 5. The molecule has 21 heteroatoms. The number of hydrogen-bond donors (Lipinski definition) is 5. The monoisotopic (exact) mass is 961 g/mol. The summed E-state index contributed by atoms with van der Waals surface area (Å²) in [5.74, 6) is -0.724. The Morgan fingerprint density at radius 2 is 1.48 bits per heavy atom. The first-order chi connectivity index (χ1) is 31.0. The number of phosphoric ester groups is 2. The van der Waals surface area contributed by atoms with Crippen molar-refractivity contribution in [3.05, 3.63) is 59.2 Å². The van der Waals surface area contributed by atoms with Crippen molar-refractivity contribution in [3.63, 3.8) is 0 Å². The van der Waals surface area contributed by atoms with Gasteiger partial charge >= 0.3 is 33.3 Å². The first-order valence-corrected chi connectivity index (χ1v) is 26.0. The van der Waals surface area contributed by atoms with E-state index in [1.165, 1.54) is 31.7 Å². The zero-order valence-corrected chi connectivity index (χ0v) is 39.9. The van der Waals surface area contributed by atoms with Gasteiger partial charge in [0.15, 0.2) is 12.3 Å². The van der Waals surface area contributed by atoms with Crippen molar-refractivity contribution in [3.8, 4) is 0 Å². The van der Waals surface area contributed by atoms with Crippen LogP contribution >= 0.6 is 15.6 Å². The van der Waals surface area contributed by atoms with E-state index >= 15 is 0 Å². The van der Waals surface area contributed by atoms with Crippen molar-refractivity contribution in [2.75, 3.05) is 25.6 Å². The lowest BCUT2D eigenvalue weighted by molar-refractivity contribution is -0.161. The minimum atomic E-state index is -5.43. The predicted molar refractivity (Wildman–Crippen MR) is 242 cm³/mol. The van der Waals surface area contributed by atoms with Crippen LogP contribution in [0.15, 0.2) is 53.5 Å². The summed E-state index contributed by atoms with van der Waals surface area (Å²) in [4.78, 5) is 61.6. The zero-order valence-electron chi connectivity index (χ0n) is 38.1. The maximum absolute atomic E-state index is 12.8. The minimum Gasteiger partial charge on any atom is -0.462 e. The van der Waals surface area contributed by atoms with Gasteiger partial charge < -0.3 is 44.7 Å². The van der Waals surface area contributed by atoms with Gasteiger partial charge in [-0.05, 0) is 56.9 Å². The Labute approximate surface area is 382 Å². The van der Waals surface area contributed by atoms with Crippen LogP contribution in [0.4, 0.5) is 5.82 Å². The molecule has 0 aliphatic carbocycles. The molecule has 3 rings (SSSR count). The fraction of sp³-hybridized carbons (Fsp3) is 0.727. The molecule has 2 fully saturated rings. The molecule has 4 unspecified atom stereocenters. The molecule has 2 aliphatic heterocycles. The van der Waals surface area contributed by atoms with Crippen molar-refractivity contribution < 1.29 is 71.0 Å². The summed E-state index contributed by atoms with van der Waals surface area (Å²) in [6, 6.07) is 1.24. The minimum absolute atomic E-state index is 0.0330. The van der Waals surface area contributed by atoms with E-state index in [1.54, 1.807) is 0 Å². The second kappa shape index (κ2) is 30.3. The molecule has 0 spiro atoms. The van der Waals surface area contributed by atoms with Crippen molar-refractivity contribution >= 4 is 33.4 Å². The zero-order chi connectivity index (χ0) is 47.7. The highest BCUT2D eigenvalue weighted by molar-refractivity contribution is 7.61. The van der Waals surface area contributed by atoms with Gasteiger partial charge in [-0.15, -0.1) is 0 Å². The van der Waals surface area contributed by atoms with Gasteiger partial charge in [-0.25, -0.2) is 13.9 Å². The van der Waals surface area contributed by atoms with E-state index in [2.05, 4.69) is 54.4 Å². The molecule has 2 saturated heterocycles. The Morgan fingerprint density at radius 3 is 2.18 bits per heavy atom. The van der Waals surface area contributed by atoms with Crippen LogP contribution in [0.5, 0.6) is 0 Å². The third kappa shape index (κ3) is 24.0. The number of nitrogens with two attached hydrogens (primary N) is 1. The molecule has 2 aliphatic rings. The number of epoxide rings is 1. The molecule has 1 aromatic heterocycles. The van der Waals surface area contributed by atoms with E-state index in [-0.39, 0.29) is 18.7 Å². The lowest BCUT2D eigenvalue weighted by atomic mass is 10.0. The average Bonchev–Trinajstić information content (AvgIpc) is 3.93. The Morgan fingerprint density at radius 1 is 0.815 bits per heavy atom. The second-order valence-corrected chi connectivity index (χ2v) is 19.8. The number of carbonyl (C=O) groups excluding carboxylic acids is 2. The number of rotatable bonds is 35. The number of phosphoric acid groups is 2. The summed E-state index contributed by atoms with van der Waals surface area (Å²) < 4.78 is 62.2. The van der Waals surface area contributed by atoms with Crippen LogP contribution in [0.3, 0.4) is 0 Å². The van der Waals surface area contributed by atoms with E-state index in [0.29, 0.717) is 37.4 Å². The van der Waals surface area contributed by atoms with E-state index in [9.17, 15) is 43.5 Å². The number of ether oxygens (including phenoxy) is 4. The van der Waals surface area contributed by atoms with Crippen LogP contribution in [0.25, 0.3) is 0 Å². The normalized spacial score (nSPS) is 23.3. The van der Waals surface area contributed by atoms with Gasteiger partial charge in [-0.3, -0.25) is 23.2 Å².